The predicted octanol–water partition coefficient (Wildman–Crippen LogP) is 2.21. The van der Waals surface area contributed by atoms with Crippen LogP contribution in [0.4, 0.5) is 14.6 Å². The zero-order chi connectivity index (χ0) is 15.4. The maximum Gasteiger partial charge on any atom is 0.225 e. The summed E-state index contributed by atoms with van der Waals surface area (Å²) in [5.74, 6) is -2.26. The lowest BCUT2D eigenvalue weighted by atomic mass is 10.1. The number of benzene rings is 1. The molecule has 2 aromatic rings. The SMILES string of the molecule is Oc1c(F)cc(F)c2nc(Cl)nc(N3CC4CCC(C3)N4)c12. The van der Waals surface area contributed by atoms with E-state index in [1.807, 2.05) is 4.90 Å². The van der Waals surface area contributed by atoms with Gasteiger partial charge in [0.05, 0.1) is 5.39 Å². The first-order chi connectivity index (χ1) is 10.5. The monoisotopic (exact) mass is 326 g/mol. The van der Waals surface area contributed by atoms with E-state index in [1.54, 1.807) is 0 Å². The number of piperazine rings is 1. The molecule has 1 aromatic heterocycles. The first-order valence-corrected chi connectivity index (χ1v) is 7.46. The molecule has 22 heavy (non-hydrogen) atoms. The highest BCUT2D eigenvalue weighted by Crippen LogP contribution is 2.37. The third-order valence-electron chi connectivity index (χ3n) is 4.32. The van der Waals surface area contributed by atoms with Crippen molar-refractivity contribution in [2.45, 2.75) is 24.9 Å². The fourth-order valence-corrected chi connectivity index (χ4v) is 3.54. The van der Waals surface area contributed by atoms with Crippen molar-refractivity contribution in [3.63, 3.8) is 0 Å². The molecule has 5 nitrogen and oxygen atoms in total. The number of phenols is 1. The Labute approximate surface area is 129 Å². The van der Waals surface area contributed by atoms with Crippen LogP contribution in [0.3, 0.4) is 0 Å². The summed E-state index contributed by atoms with van der Waals surface area (Å²) < 4.78 is 27.7. The Hall–Kier alpha value is -1.73. The molecule has 2 fully saturated rings. The molecule has 2 aliphatic heterocycles. The first kappa shape index (κ1) is 13.9. The van der Waals surface area contributed by atoms with Gasteiger partial charge in [0.1, 0.15) is 11.3 Å². The van der Waals surface area contributed by atoms with Crippen LogP contribution in [0, 0.1) is 11.6 Å². The third-order valence-corrected chi connectivity index (χ3v) is 4.49. The Morgan fingerprint density at radius 3 is 2.55 bits per heavy atom. The van der Waals surface area contributed by atoms with Gasteiger partial charge in [0, 0.05) is 31.2 Å². The van der Waals surface area contributed by atoms with Crippen molar-refractivity contribution >= 4 is 28.3 Å². The van der Waals surface area contributed by atoms with Crippen molar-refractivity contribution in [1.29, 1.82) is 0 Å². The second-order valence-electron chi connectivity index (χ2n) is 5.77. The summed E-state index contributed by atoms with van der Waals surface area (Å²) in [6.07, 6.45) is 2.10. The molecule has 0 amide bonds. The Kier molecular flexibility index (Phi) is 3.09. The van der Waals surface area contributed by atoms with Gasteiger partial charge >= 0.3 is 0 Å². The molecule has 0 radical (unpaired) electrons. The summed E-state index contributed by atoms with van der Waals surface area (Å²) in [5.41, 5.74) is -0.167. The molecule has 116 valence electrons. The van der Waals surface area contributed by atoms with Crippen molar-refractivity contribution in [2.24, 2.45) is 0 Å². The minimum absolute atomic E-state index is 0.0248. The number of anilines is 1. The van der Waals surface area contributed by atoms with Gasteiger partial charge in [-0.2, -0.15) is 4.98 Å². The molecule has 2 N–H and O–H groups in total. The molecule has 3 heterocycles. The summed E-state index contributed by atoms with van der Waals surface area (Å²) in [4.78, 5) is 9.83. The smallest absolute Gasteiger partial charge is 0.225 e. The normalized spacial score (nSPS) is 24.2. The van der Waals surface area contributed by atoms with Crippen LogP contribution in [-0.2, 0) is 0 Å². The lowest BCUT2D eigenvalue weighted by molar-refractivity contribution is 0.433. The molecule has 0 aliphatic carbocycles. The van der Waals surface area contributed by atoms with E-state index in [1.165, 1.54) is 0 Å². The van der Waals surface area contributed by atoms with E-state index < -0.39 is 17.4 Å². The van der Waals surface area contributed by atoms with Gasteiger partial charge in [0.15, 0.2) is 17.4 Å². The van der Waals surface area contributed by atoms with Crippen LogP contribution in [0.15, 0.2) is 6.07 Å². The number of phenolic OH excluding ortho intramolecular Hbond substituents is 1. The van der Waals surface area contributed by atoms with Crippen LogP contribution < -0.4 is 10.2 Å². The average Bonchev–Trinajstić information content (AvgIpc) is 2.82. The highest BCUT2D eigenvalue weighted by Gasteiger charge is 2.34. The van der Waals surface area contributed by atoms with E-state index in [2.05, 4.69) is 15.3 Å². The second kappa shape index (κ2) is 4.89. The number of aromatic hydroxyl groups is 1. The molecule has 0 spiro atoms. The minimum atomic E-state index is -1.03. The lowest BCUT2D eigenvalue weighted by Crippen LogP contribution is -2.51. The Bertz CT molecular complexity index is 760. The zero-order valence-corrected chi connectivity index (χ0v) is 12.2. The van der Waals surface area contributed by atoms with E-state index >= 15 is 0 Å². The maximum absolute atomic E-state index is 14.0. The molecule has 2 saturated heterocycles. The summed E-state index contributed by atoms with van der Waals surface area (Å²) in [7, 11) is 0. The van der Waals surface area contributed by atoms with E-state index in [4.69, 9.17) is 11.6 Å². The number of halogens is 3. The predicted molar refractivity (Wildman–Crippen MR) is 78.3 cm³/mol. The number of nitrogens with one attached hydrogen (secondary N) is 1. The number of rotatable bonds is 1. The molecular weight excluding hydrogens is 314 g/mol. The third kappa shape index (κ3) is 2.07. The number of hydrogen-bond donors (Lipinski definition) is 2. The number of hydrogen-bond acceptors (Lipinski definition) is 5. The zero-order valence-electron chi connectivity index (χ0n) is 11.5. The number of aromatic nitrogens is 2. The van der Waals surface area contributed by atoms with Crippen LogP contribution >= 0.6 is 11.6 Å². The Balaban J connectivity index is 1.93. The molecule has 1 aromatic carbocycles. The fraction of sp³-hybridized carbons (Fsp3) is 0.429. The first-order valence-electron chi connectivity index (χ1n) is 7.08. The van der Waals surface area contributed by atoms with E-state index in [9.17, 15) is 13.9 Å². The van der Waals surface area contributed by atoms with Crippen molar-refractivity contribution in [1.82, 2.24) is 15.3 Å². The van der Waals surface area contributed by atoms with Crippen molar-refractivity contribution in [3.8, 4) is 5.75 Å². The molecule has 2 aliphatic rings. The van der Waals surface area contributed by atoms with Crippen molar-refractivity contribution < 1.29 is 13.9 Å². The highest BCUT2D eigenvalue weighted by atomic mass is 35.5. The van der Waals surface area contributed by atoms with Gasteiger partial charge in [-0.1, -0.05) is 0 Å². The maximum atomic E-state index is 14.0. The Morgan fingerprint density at radius 2 is 1.86 bits per heavy atom. The Morgan fingerprint density at radius 1 is 1.18 bits per heavy atom. The number of fused-ring (bicyclic) bond motifs is 3. The number of nitrogens with zero attached hydrogens (tertiary/aromatic N) is 3. The van der Waals surface area contributed by atoms with Crippen molar-refractivity contribution in [3.05, 3.63) is 23.0 Å². The summed E-state index contributed by atoms with van der Waals surface area (Å²) >= 11 is 5.89. The molecule has 2 bridgehead atoms. The van der Waals surface area contributed by atoms with Crippen LogP contribution in [0.5, 0.6) is 5.75 Å². The van der Waals surface area contributed by atoms with Crippen LogP contribution in [0.1, 0.15) is 12.8 Å². The van der Waals surface area contributed by atoms with Crippen LogP contribution in [-0.4, -0.2) is 40.2 Å². The second-order valence-corrected chi connectivity index (χ2v) is 6.11. The summed E-state index contributed by atoms with van der Waals surface area (Å²) in [5, 5.41) is 13.3. The average molecular weight is 327 g/mol. The molecule has 2 unspecified atom stereocenters. The van der Waals surface area contributed by atoms with E-state index in [0.717, 1.165) is 12.8 Å². The molecule has 8 heteroatoms. The lowest BCUT2D eigenvalue weighted by Gasteiger charge is -2.34. The quantitative estimate of drug-likeness (QED) is 0.787. The van der Waals surface area contributed by atoms with Crippen LogP contribution in [0.2, 0.25) is 5.28 Å². The molecule has 0 saturated carbocycles. The molecule has 2 atom stereocenters. The van der Waals surface area contributed by atoms with E-state index in [0.29, 0.717) is 31.2 Å². The van der Waals surface area contributed by atoms with Crippen molar-refractivity contribution in [2.75, 3.05) is 18.0 Å². The van der Waals surface area contributed by atoms with E-state index in [-0.39, 0.29) is 22.0 Å². The molecular formula is C14H13ClF2N4O. The van der Waals surface area contributed by atoms with Gasteiger partial charge < -0.3 is 15.3 Å². The topological polar surface area (TPSA) is 61.3 Å². The van der Waals surface area contributed by atoms with Gasteiger partial charge in [-0.25, -0.2) is 13.8 Å². The fourth-order valence-electron chi connectivity index (χ4n) is 3.38. The minimum Gasteiger partial charge on any atom is -0.504 e. The van der Waals surface area contributed by atoms with Gasteiger partial charge in [-0.15, -0.1) is 0 Å². The van der Waals surface area contributed by atoms with Gasteiger partial charge in [0.25, 0.3) is 0 Å². The largest absolute Gasteiger partial charge is 0.504 e. The standard InChI is InChI=1S/C14H13ClF2N4O/c15-14-19-11-8(16)3-9(17)12(22)10(11)13(20-14)21-4-6-1-2-7(5-21)18-6/h3,6-7,18,22H,1-2,4-5H2. The van der Waals surface area contributed by atoms with Gasteiger partial charge in [-0.05, 0) is 24.4 Å². The van der Waals surface area contributed by atoms with Gasteiger partial charge in [-0.3, -0.25) is 0 Å². The van der Waals surface area contributed by atoms with Gasteiger partial charge in [0.2, 0.25) is 5.28 Å². The molecule has 4 rings (SSSR count). The highest BCUT2D eigenvalue weighted by molar-refractivity contribution is 6.29. The summed E-state index contributed by atoms with van der Waals surface area (Å²) in [6, 6.07) is 1.22. The summed E-state index contributed by atoms with van der Waals surface area (Å²) in [6.45, 7) is 1.30. The van der Waals surface area contributed by atoms with Crippen LogP contribution in [0.25, 0.3) is 10.9 Å².